The number of amides is 2. The van der Waals surface area contributed by atoms with Gasteiger partial charge in [-0.25, -0.2) is 0 Å². The Morgan fingerprint density at radius 3 is 2.58 bits per heavy atom. The molecule has 1 saturated heterocycles. The standard InChI is InChI=1S/C29H37N3O5S/c1-17(2)14-22(27(35)31-20-12-13-36-28(20)37-25(33)16-29(3,4)5)32-26(34)18-10-11-24-21(15-18)30-19-8-6-7-9-23(19)38-24/h6-11,15,17,20,22,28,30H,12-14,16H2,1-5H3,(H,31,35)(H,32,34)/t20?,22-,28?/m0/s1. The van der Waals surface area contributed by atoms with Gasteiger partial charge in [-0.2, -0.15) is 0 Å². The van der Waals surface area contributed by atoms with Gasteiger partial charge in [0.05, 0.1) is 30.4 Å². The topological polar surface area (TPSA) is 106 Å². The lowest BCUT2D eigenvalue weighted by Gasteiger charge is -2.26. The van der Waals surface area contributed by atoms with E-state index in [4.69, 9.17) is 9.47 Å². The fraction of sp³-hybridized carbons (Fsp3) is 0.483. The van der Waals surface area contributed by atoms with Crippen molar-refractivity contribution in [2.24, 2.45) is 11.3 Å². The summed E-state index contributed by atoms with van der Waals surface area (Å²) in [5, 5.41) is 9.26. The van der Waals surface area contributed by atoms with Crippen LogP contribution >= 0.6 is 11.8 Å². The van der Waals surface area contributed by atoms with Crippen molar-refractivity contribution in [1.29, 1.82) is 0 Å². The first kappa shape index (κ1) is 28.0. The molecular formula is C29H37N3O5S. The normalized spacial score (nSPS) is 19.1. The van der Waals surface area contributed by atoms with E-state index in [1.165, 1.54) is 0 Å². The molecule has 204 valence electrons. The molecule has 9 heteroatoms. The molecule has 8 nitrogen and oxygen atoms in total. The molecule has 3 atom stereocenters. The van der Waals surface area contributed by atoms with E-state index in [1.54, 1.807) is 17.8 Å². The summed E-state index contributed by atoms with van der Waals surface area (Å²) in [7, 11) is 0. The van der Waals surface area contributed by atoms with Gasteiger partial charge < -0.3 is 25.4 Å². The molecule has 0 aliphatic carbocycles. The van der Waals surface area contributed by atoms with Crippen LogP contribution in [-0.2, 0) is 19.1 Å². The van der Waals surface area contributed by atoms with Crippen molar-refractivity contribution in [2.75, 3.05) is 11.9 Å². The second-order valence-corrected chi connectivity index (χ2v) is 12.5. The van der Waals surface area contributed by atoms with Gasteiger partial charge in [0.15, 0.2) is 0 Å². The van der Waals surface area contributed by atoms with Crippen LogP contribution in [-0.4, -0.2) is 42.8 Å². The number of carbonyl (C=O) groups excluding carboxylic acids is 3. The zero-order valence-electron chi connectivity index (χ0n) is 22.6. The zero-order chi connectivity index (χ0) is 27.4. The van der Waals surface area contributed by atoms with Gasteiger partial charge in [-0.3, -0.25) is 14.4 Å². The van der Waals surface area contributed by atoms with Gasteiger partial charge in [0.2, 0.25) is 12.2 Å². The van der Waals surface area contributed by atoms with E-state index in [0.717, 1.165) is 21.2 Å². The molecule has 2 aliphatic rings. The number of rotatable bonds is 8. The van der Waals surface area contributed by atoms with Crippen LogP contribution in [0.1, 0.15) is 64.2 Å². The maximum atomic E-state index is 13.3. The smallest absolute Gasteiger partial charge is 0.308 e. The highest BCUT2D eigenvalue weighted by molar-refractivity contribution is 7.99. The predicted molar refractivity (Wildman–Crippen MR) is 147 cm³/mol. The number of benzene rings is 2. The molecule has 0 aromatic heterocycles. The second kappa shape index (κ2) is 11.8. The lowest BCUT2D eigenvalue weighted by molar-refractivity contribution is -0.175. The fourth-order valence-corrected chi connectivity index (χ4v) is 5.40. The first-order valence-corrected chi connectivity index (χ1v) is 13.9. The van der Waals surface area contributed by atoms with Crippen molar-refractivity contribution in [3.05, 3.63) is 48.0 Å². The number of ether oxygens (including phenoxy) is 2. The van der Waals surface area contributed by atoms with Crippen molar-refractivity contribution in [3.8, 4) is 0 Å². The maximum Gasteiger partial charge on any atom is 0.308 e. The molecule has 0 bridgehead atoms. The minimum absolute atomic E-state index is 0.171. The van der Waals surface area contributed by atoms with E-state index in [0.29, 0.717) is 25.0 Å². The van der Waals surface area contributed by atoms with Crippen LogP contribution in [0.2, 0.25) is 0 Å². The largest absolute Gasteiger partial charge is 0.433 e. The average molecular weight is 540 g/mol. The van der Waals surface area contributed by atoms with E-state index in [2.05, 4.69) is 22.0 Å². The van der Waals surface area contributed by atoms with Gasteiger partial charge in [-0.05, 0) is 54.5 Å². The molecule has 1 fully saturated rings. The maximum absolute atomic E-state index is 13.3. The Labute approximate surface area is 228 Å². The molecule has 38 heavy (non-hydrogen) atoms. The third-order valence-corrected chi connectivity index (χ3v) is 7.39. The van der Waals surface area contributed by atoms with E-state index in [-0.39, 0.29) is 35.5 Å². The van der Waals surface area contributed by atoms with Crippen LogP contribution in [0.5, 0.6) is 0 Å². The van der Waals surface area contributed by atoms with Crippen LogP contribution in [0.4, 0.5) is 11.4 Å². The molecule has 2 aromatic carbocycles. The molecule has 3 N–H and O–H groups in total. The zero-order valence-corrected chi connectivity index (χ0v) is 23.4. The molecule has 2 amide bonds. The molecule has 2 unspecified atom stereocenters. The Balaban J connectivity index is 1.41. The van der Waals surface area contributed by atoms with Crippen molar-refractivity contribution < 1.29 is 23.9 Å². The van der Waals surface area contributed by atoms with E-state index < -0.39 is 18.4 Å². The first-order valence-electron chi connectivity index (χ1n) is 13.1. The van der Waals surface area contributed by atoms with E-state index in [9.17, 15) is 14.4 Å². The fourth-order valence-electron chi connectivity index (χ4n) is 4.43. The Morgan fingerprint density at radius 1 is 1.11 bits per heavy atom. The molecule has 2 aliphatic heterocycles. The highest BCUT2D eigenvalue weighted by Crippen LogP contribution is 2.44. The highest BCUT2D eigenvalue weighted by atomic mass is 32.2. The van der Waals surface area contributed by atoms with E-state index in [1.807, 2.05) is 65.0 Å². The van der Waals surface area contributed by atoms with Crippen molar-refractivity contribution in [2.45, 2.75) is 82.0 Å². The molecule has 0 radical (unpaired) electrons. The number of carbonyl (C=O) groups is 3. The van der Waals surface area contributed by atoms with E-state index >= 15 is 0 Å². The van der Waals surface area contributed by atoms with Crippen LogP contribution in [0.15, 0.2) is 52.3 Å². The summed E-state index contributed by atoms with van der Waals surface area (Å²) in [6, 6.07) is 12.3. The van der Waals surface area contributed by atoms with Gasteiger partial charge >= 0.3 is 5.97 Å². The highest BCUT2D eigenvalue weighted by Gasteiger charge is 2.35. The molecule has 2 heterocycles. The van der Waals surface area contributed by atoms with Crippen LogP contribution in [0.3, 0.4) is 0 Å². The SMILES string of the molecule is CC(C)C[C@H](NC(=O)c1ccc2c(c1)Nc1ccccc1S2)C(=O)NC1CCOC1OC(=O)CC(C)(C)C. The summed E-state index contributed by atoms with van der Waals surface area (Å²) in [5.41, 5.74) is 2.11. The lowest BCUT2D eigenvalue weighted by atomic mass is 9.92. The summed E-state index contributed by atoms with van der Waals surface area (Å²) >= 11 is 1.65. The van der Waals surface area contributed by atoms with Gasteiger partial charge in [-0.15, -0.1) is 0 Å². The molecule has 4 rings (SSSR count). The van der Waals surface area contributed by atoms with Crippen LogP contribution in [0, 0.1) is 11.3 Å². The van der Waals surface area contributed by atoms with Gasteiger partial charge in [-0.1, -0.05) is 58.5 Å². The average Bonchev–Trinajstić information content (AvgIpc) is 3.26. The number of hydrogen-bond acceptors (Lipinski definition) is 7. The molecule has 0 saturated carbocycles. The van der Waals surface area contributed by atoms with Gasteiger partial charge in [0.25, 0.3) is 5.91 Å². The third kappa shape index (κ3) is 7.29. The number of nitrogens with one attached hydrogen (secondary N) is 3. The Hall–Kier alpha value is -3.04. The second-order valence-electron chi connectivity index (χ2n) is 11.5. The summed E-state index contributed by atoms with van der Waals surface area (Å²) in [4.78, 5) is 41.0. The number of esters is 1. The minimum atomic E-state index is -0.837. The predicted octanol–water partition coefficient (Wildman–Crippen LogP) is 5.25. The monoisotopic (exact) mass is 539 g/mol. The van der Waals surface area contributed by atoms with Crippen molar-refractivity contribution >= 4 is 40.9 Å². The van der Waals surface area contributed by atoms with Gasteiger partial charge in [0, 0.05) is 15.4 Å². The summed E-state index contributed by atoms with van der Waals surface area (Å²) in [5.74, 6) is -0.836. The van der Waals surface area contributed by atoms with Crippen LogP contribution < -0.4 is 16.0 Å². The molecule has 0 spiro atoms. The van der Waals surface area contributed by atoms with Crippen molar-refractivity contribution in [3.63, 3.8) is 0 Å². The molecular weight excluding hydrogens is 502 g/mol. The number of para-hydroxylation sites is 1. The Morgan fingerprint density at radius 2 is 1.84 bits per heavy atom. The number of anilines is 2. The minimum Gasteiger partial charge on any atom is -0.433 e. The number of fused-ring (bicyclic) bond motifs is 2. The summed E-state index contributed by atoms with van der Waals surface area (Å²) < 4.78 is 11.1. The third-order valence-electron chi connectivity index (χ3n) is 6.24. The lowest BCUT2D eigenvalue weighted by Crippen LogP contribution is -2.52. The quantitative estimate of drug-likeness (QED) is 0.336. The Kier molecular flexibility index (Phi) is 8.67. The summed E-state index contributed by atoms with van der Waals surface area (Å²) in [6.45, 7) is 10.2. The number of hydrogen-bond donors (Lipinski definition) is 3. The van der Waals surface area contributed by atoms with Crippen molar-refractivity contribution in [1.82, 2.24) is 10.6 Å². The first-order chi connectivity index (χ1) is 18.0. The molecule has 2 aromatic rings. The Bertz CT molecular complexity index is 1190. The van der Waals surface area contributed by atoms with Crippen LogP contribution in [0.25, 0.3) is 0 Å². The summed E-state index contributed by atoms with van der Waals surface area (Å²) in [6.07, 6.45) is 0.402. The van der Waals surface area contributed by atoms with Gasteiger partial charge in [0.1, 0.15) is 6.04 Å².